The number of carbonyl (C=O) groups is 4. The van der Waals surface area contributed by atoms with Crippen LogP contribution in [-0.4, -0.2) is 39.2 Å². The summed E-state index contributed by atoms with van der Waals surface area (Å²) >= 11 is 3.51. The summed E-state index contributed by atoms with van der Waals surface area (Å²) in [6.45, 7) is 7.38. The minimum Gasteiger partial charge on any atom is -0.508 e. The van der Waals surface area contributed by atoms with E-state index in [1.165, 1.54) is 9.80 Å². The van der Waals surface area contributed by atoms with Crippen LogP contribution < -0.4 is 4.90 Å². The predicted octanol–water partition coefficient (Wildman–Crippen LogP) is 5.18. The molecule has 0 aromatic heterocycles. The largest absolute Gasteiger partial charge is 0.508 e. The second-order valence-electron chi connectivity index (χ2n) is 12.4. The van der Waals surface area contributed by atoms with Gasteiger partial charge in [0.25, 0.3) is 0 Å². The molecule has 2 aliphatic carbocycles. The summed E-state index contributed by atoms with van der Waals surface area (Å²) in [5, 5.41) is 11.1. The van der Waals surface area contributed by atoms with Crippen molar-refractivity contribution in [3.63, 3.8) is 0 Å². The Balaban J connectivity index is 1.54. The molecule has 0 radical (unpaired) electrons. The van der Waals surface area contributed by atoms with E-state index in [1.807, 2.05) is 39.8 Å². The van der Waals surface area contributed by atoms with Gasteiger partial charge in [-0.1, -0.05) is 45.8 Å². The number of fused-ring (bicyclic) bond motifs is 4. The number of likely N-dealkylation sites (tertiary alicyclic amines) is 1. The number of allylic oxidation sites excluding steroid dienone is 2. The topological polar surface area (TPSA) is 95.0 Å². The molecule has 8 heteroatoms. The van der Waals surface area contributed by atoms with Crippen molar-refractivity contribution in [2.45, 2.75) is 52.0 Å². The van der Waals surface area contributed by atoms with Gasteiger partial charge in [-0.05, 0) is 76.8 Å². The highest BCUT2D eigenvalue weighted by molar-refractivity contribution is 9.10. The number of hydrogen-bond donors (Lipinski definition) is 1. The number of benzene rings is 2. The van der Waals surface area contributed by atoms with Crippen molar-refractivity contribution in [1.29, 1.82) is 0 Å². The lowest BCUT2D eigenvalue weighted by atomic mass is 9.51. The Labute approximate surface area is 236 Å². The molecule has 39 heavy (non-hydrogen) atoms. The Morgan fingerprint density at radius 3 is 2.31 bits per heavy atom. The van der Waals surface area contributed by atoms with E-state index in [4.69, 9.17) is 0 Å². The number of phenolic OH excluding ortho intramolecular Hbond substituents is 1. The fraction of sp³-hybridized carbons (Fsp3) is 0.419. The molecule has 202 valence electrons. The molecular formula is C31H31BrN2O5. The van der Waals surface area contributed by atoms with Crippen LogP contribution in [0, 0.1) is 29.1 Å². The van der Waals surface area contributed by atoms with Gasteiger partial charge < -0.3 is 5.11 Å². The summed E-state index contributed by atoms with van der Waals surface area (Å²) in [7, 11) is 0. The Hall–Kier alpha value is -3.26. The molecule has 2 aliphatic heterocycles. The second-order valence-corrected chi connectivity index (χ2v) is 13.3. The van der Waals surface area contributed by atoms with Gasteiger partial charge in [-0.25, -0.2) is 4.90 Å². The smallest absolute Gasteiger partial charge is 0.241 e. The third kappa shape index (κ3) is 3.53. The van der Waals surface area contributed by atoms with Crippen LogP contribution in [0.3, 0.4) is 0 Å². The van der Waals surface area contributed by atoms with Crippen molar-refractivity contribution in [3.05, 3.63) is 70.2 Å². The number of carbonyl (C=O) groups excluding carboxylic acids is 4. The fourth-order valence-corrected chi connectivity index (χ4v) is 7.98. The highest BCUT2D eigenvalue weighted by atomic mass is 79.9. The fourth-order valence-electron chi connectivity index (χ4n) is 7.60. The SMILES string of the molecule is CC(C)(C)N1C(=O)[C@H]2[C@H](CC=C3[C@H]2C[C@H]2C(=O)N(c4ccccc4)C(=O)[C@@]2(C)[C@H]3c2cc(Br)ccc2O)C1=O. The molecule has 7 nitrogen and oxygen atoms in total. The average Bonchev–Trinajstić information content (AvgIpc) is 3.26. The van der Waals surface area contributed by atoms with E-state index < -0.39 is 40.5 Å². The highest BCUT2D eigenvalue weighted by Gasteiger charge is 2.68. The molecule has 1 saturated carbocycles. The van der Waals surface area contributed by atoms with Gasteiger partial charge in [-0.3, -0.25) is 24.1 Å². The van der Waals surface area contributed by atoms with Crippen LogP contribution in [0.1, 0.15) is 52.0 Å². The van der Waals surface area contributed by atoms with Crippen molar-refractivity contribution < 1.29 is 24.3 Å². The van der Waals surface area contributed by atoms with Gasteiger partial charge in [-0.15, -0.1) is 0 Å². The van der Waals surface area contributed by atoms with Crippen molar-refractivity contribution in [2.75, 3.05) is 4.90 Å². The zero-order chi connectivity index (χ0) is 28.0. The zero-order valence-corrected chi connectivity index (χ0v) is 23.9. The van der Waals surface area contributed by atoms with Crippen LogP contribution in [0.5, 0.6) is 5.75 Å². The lowest BCUT2D eigenvalue weighted by Gasteiger charge is -2.49. The van der Waals surface area contributed by atoms with E-state index in [-0.39, 0.29) is 29.4 Å². The molecule has 6 atom stereocenters. The average molecular weight is 592 g/mol. The first kappa shape index (κ1) is 26.0. The van der Waals surface area contributed by atoms with E-state index >= 15 is 0 Å². The molecule has 2 aromatic carbocycles. The van der Waals surface area contributed by atoms with Crippen molar-refractivity contribution >= 4 is 45.2 Å². The molecule has 2 aromatic rings. The number of imide groups is 2. The Kier molecular flexibility index (Phi) is 5.74. The number of hydrogen-bond acceptors (Lipinski definition) is 5. The zero-order valence-electron chi connectivity index (χ0n) is 22.3. The van der Waals surface area contributed by atoms with E-state index in [2.05, 4.69) is 15.9 Å². The molecule has 2 heterocycles. The van der Waals surface area contributed by atoms with Gasteiger partial charge >= 0.3 is 0 Å². The highest BCUT2D eigenvalue weighted by Crippen LogP contribution is 2.64. The molecule has 3 fully saturated rings. The molecule has 0 spiro atoms. The van der Waals surface area contributed by atoms with Gasteiger partial charge in [0.05, 0.1) is 28.9 Å². The van der Waals surface area contributed by atoms with Gasteiger partial charge in [0.1, 0.15) is 5.75 Å². The van der Waals surface area contributed by atoms with Crippen molar-refractivity contribution in [2.24, 2.45) is 29.1 Å². The van der Waals surface area contributed by atoms with E-state index in [9.17, 15) is 24.3 Å². The van der Waals surface area contributed by atoms with Crippen molar-refractivity contribution in [3.8, 4) is 5.75 Å². The second kappa shape index (κ2) is 8.62. The molecule has 1 N–H and O–H groups in total. The molecule has 4 aliphatic rings. The van der Waals surface area contributed by atoms with Gasteiger partial charge in [0.2, 0.25) is 23.6 Å². The molecule has 0 bridgehead atoms. The van der Waals surface area contributed by atoms with Crippen LogP contribution in [0.25, 0.3) is 0 Å². The Morgan fingerprint density at radius 2 is 1.64 bits per heavy atom. The quantitative estimate of drug-likeness (QED) is 0.384. The third-order valence-electron chi connectivity index (χ3n) is 9.26. The first-order valence-corrected chi connectivity index (χ1v) is 14.2. The molecule has 0 unspecified atom stereocenters. The molecule has 6 rings (SSSR count). The van der Waals surface area contributed by atoms with Crippen LogP contribution in [0.2, 0.25) is 0 Å². The van der Waals surface area contributed by atoms with E-state index in [1.54, 1.807) is 42.5 Å². The van der Waals surface area contributed by atoms with E-state index in [0.717, 1.165) is 10.0 Å². The molecular weight excluding hydrogens is 560 g/mol. The number of phenols is 1. The summed E-state index contributed by atoms with van der Waals surface area (Å²) in [5.41, 5.74) is 0.0415. The van der Waals surface area contributed by atoms with Crippen LogP contribution in [0.15, 0.2) is 64.7 Å². The number of halogens is 1. The summed E-state index contributed by atoms with van der Waals surface area (Å²) < 4.78 is 0.731. The number of amides is 4. The first-order chi connectivity index (χ1) is 18.4. The molecule has 2 saturated heterocycles. The maximum Gasteiger partial charge on any atom is 0.241 e. The monoisotopic (exact) mass is 590 g/mol. The summed E-state index contributed by atoms with van der Waals surface area (Å²) in [6, 6.07) is 14.0. The number of anilines is 1. The van der Waals surface area contributed by atoms with Crippen LogP contribution in [-0.2, 0) is 19.2 Å². The lowest BCUT2D eigenvalue weighted by molar-refractivity contribution is -0.145. The first-order valence-electron chi connectivity index (χ1n) is 13.4. The maximum atomic E-state index is 14.3. The lowest BCUT2D eigenvalue weighted by Crippen LogP contribution is -2.49. The summed E-state index contributed by atoms with van der Waals surface area (Å²) in [5.74, 6) is -3.86. The normalized spacial score (nSPS) is 32.2. The van der Waals surface area contributed by atoms with Gasteiger partial charge in [0, 0.05) is 21.5 Å². The maximum absolute atomic E-state index is 14.3. The predicted molar refractivity (Wildman–Crippen MR) is 148 cm³/mol. The minimum absolute atomic E-state index is 0.0235. The Bertz CT molecular complexity index is 1460. The van der Waals surface area contributed by atoms with Crippen molar-refractivity contribution in [1.82, 2.24) is 4.90 Å². The third-order valence-corrected chi connectivity index (χ3v) is 9.75. The van der Waals surface area contributed by atoms with Crippen LogP contribution >= 0.6 is 15.9 Å². The standard InChI is InChI=1S/C31H31BrN2O5/c1-30(2,3)34-26(36)19-12-11-18-20(24(19)28(34)38)15-22-27(37)33(17-8-6-5-7-9-17)29(39)31(22,4)25(18)21-14-16(32)10-13-23(21)35/h5-11,13-14,19-20,22,24-25,35H,12,15H2,1-4H3/t19-,20+,22-,24-,25+,31+/m0/s1. The minimum atomic E-state index is -1.18. The summed E-state index contributed by atoms with van der Waals surface area (Å²) in [4.78, 5) is 58.4. The summed E-state index contributed by atoms with van der Waals surface area (Å²) in [6.07, 6.45) is 2.67. The number of aromatic hydroxyl groups is 1. The van der Waals surface area contributed by atoms with Gasteiger partial charge in [-0.2, -0.15) is 0 Å². The Morgan fingerprint density at radius 1 is 0.949 bits per heavy atom. The molecule has 4 amide bonds. The van der Waals surface area contributed by atoms with Crippen LogP contribution in [0.4, 0.5) is 5.69 Å². The number of para-hydroxylation sites is 1. The van der Waals surface area contributed by atoms with Gasteiger partial charge in [0.15, 0.2) is 0 Å². The number of rotatable bonds is 2. The number of nitrogens with zero attached hydrogens (tertiary/aromatic N) is 2. The van der Waals surface area contributed by atoms with E-state index in [0.29, 0.717) is 24.1 Å².